The lowest BCUT2D eigenvalue weighted by atomic mass is 9.98. The molecule has 1 aliphatic heterocycles. The van der Waals surface area contributed by atoms with E-state index in [4.69, 9.17) is 23.7 Å². The van der Waals surface area contributed by atoms with Crippen molar-refractivity contribution >= 4 is 23.0 Å². The number of rotatable bonds is 19. The molecule has 4 atom stereocenters. The molecule has 0 bridgehead atoms. The van der Waals surface area contributed by atoms with Gasteiger partial charge in [0.05, 0.1) is 81.4 Å². The molecule has 20 heteroatoms. The molecule has 250 valence electrons. The molecule has 17 nitrogen and oxygen atoms in total. The highest BCUT2D eigenvalue weighted by Crippen LogP contribution is 2.29. The number of aliphatic hydroxyl groups excluding tert-OH is 2. The fraction of sp³-hybridized carbons (Fsp3) is 0.600. The van der Waals surface area contributed by atoms with Crippen LogP contribution in [0.15, 0.2) is 30.5 Å². The highest BCUT2D eigenvalue weighted by atomic mass is 19.4. The van der Waals surface area contributed by atoms with Crippen LogP contribution in [-0.2, 0) is 29.9 Å². The van der Waals surface area contributed by atoms with E-state index in [2.05, 4.69) is 20.6 Å². The average Bonchev–Trinajstić information content (AvgIpc) is 3.00. The second-order valence-corrected chi connectivity index (χ2v) is 9.42. The average molecular weight is 651 g/mol. The van der Waals surface area contributed by atoms with E-state index >= 15 is 0 Å². The summed E-state index contributed by atoms with van der Waals surface area (Å²) in [5.74, 6) is -0.364. The summed E-state index contributed by atoms with van der Waals surface area (Å²) in [5.41, 5.74) is -1.80. The zero-order valence-electron chi connectivity index (χ0n) is 23.8. The molecule has 1 aromatic carbocycles. The topological polar surface area (TPSA) is 223 Å². The number of nitro groups is 2. The summed E-state index contributed by atoms with van der Waals surface area (Å²) in [4.78, 5) is 27.6. The number of nitro benzene ring substituents is 2. The summed E-state index contributed by atoms with van der Waals surface area (Å²) in [5, 5.41) is 48.0. The number of benzene rings is 1. The minimum Gasteiger partial charge on any atom is -0.388 e. The smallest absolute Gasteiger partial charge is 0.388 e. The van der Waals surface area contributed by atoms with Gasteiger partial charge in [0, 0.05) is 18.8 Å². The van der Waals surface area contributed by atoms with Crippen LogP contribution in [-0.4, -0.2) is 120 Å². The van der Waals surface area contributed by atoms with E-state index < -0.39 is 51.8 Å². The van der Waals surface area contributed by atoms with Gasteiger partial charge in [0.1, 0.15) is 29.7 Å². The van der Waals surface area contributed by atoms with Gasteiger partial charge in [-0.2, -0.15) is 13.2 Å². The molecule has 2 aromatic rings. The van der Waals surface area contributed by atoms with Gasteiger partial charge < -0.3 is 44.5 Å². The van der Waals surface area contributed by atoms with Crippen LogP contribution in [0.4, 0.5) is 36.2 Å². The first kappa shape index (κ1) is 35.7. The summed E-state index contributed by atoms with van der Waals surface area (Å²) < 4.78 is 65.6. The van der Waals surface area contributed by atoms with E-state index in [0.717, 1.165) is 12.3 Å². The molecule has 1 saturated heterocycles. The minimum atomic E-state index is -4.66. The Kier molecular flexibility index (Phi) is 14.0. The van der Waals surface area contributed by atoms with Crippen molar-refractivity contribution in [1.82, 2.24) is 9.97 Å². The third-order valence-electron chi connectivity index (χ3n) is 6.24. The Balaban J connectivity index is 1.18. The molecular weight excluding hydrogens is 617 g/mol. The Morgan fingerprint density at radius 2 is 1.58 bits per heavy atom. The molecule has 1 aromatic heterocycles. The van der Waals surface area contributed by atoms with Gasteiger partial charge in [-0.3, -0.25) is 20.2 Å². The van der Waals surface area contributed by atoms with Crippen molar-refractivity contribution in [2.45, 2.75) is 30.5 Å². The van der Waals surface area contributed by atoms with Gasteiger partial charge in [0.15, 0.2) is 0 Å². The van der Waals surface area contributed by atoms with Gasteiger partial charge in [-0.1, -0.05) is 0 Å². The normalized spacial score (nSPS) is 20.1. The number of non-ortho nitro benzene ring substituents is 1. The molecule has 0 spiro atoms. The molecule has 1 fully saturated rings. The number of aromatic nitrogens is 2. The summed E-state index contributed by atoms with van der Waals surface area (Å²) in [6.07, 6.45) is -7.36. The lowest BCUT2D eigenvalue weighted by molar-refractivity contribution is -0.393. The molecule has 0 aliphatic carbocycles. The van der Waals surface area contributed by atoms with Gasteiger partial charge in [-0.05, 0) is 12.1 Å². The Bertz CT molecular complexity index is 1250. The number of aliphatic hydroxyl groups is 2. The van der Waals surface area contributed by atoms with E-state index in [1.807, 2.05) is 0 Å². The molecule has 4 N–H and O–H groups in total. The monoisotopic (exact) mass is 650 g/mol. The third-order valence-corrected chi connectivity index (χ3v) is 6.24. The van der Waals surface area contributed by atoms with Gasteiger partial charge in [0.2, 0.25) is 5.95 Å². The molecule has 1 aliphatic rings. The highest BCUT2D eigenvalue weighted by molar-refractivity contribution is 5.65. The zero-order valence-corrected chi connectivity index (χ0v) is 23.8. The van der Waals surface area contributed by atoms with Crippen LogP contribution in [0, 0.1) is 20.2 Å². The van der Waals surface area contributed by atoms with Crippen molar-refractivity contribution < 1.29 is 56.9 Å². The standard InChI is InChI=1S/C25H33F3N6O11/c26-25(27,28)21-3-4-30-24(32-21)31-18-14-45-20(23(36)22(18)35)15-44-12-11-43-10-9-42-8-7-41-6-5-29-17-2-1-16(33(37)38)13-19(17)34(39)40/h1-4,13,18,20,22-23,29,35-36H,5-12,14-15H2,(H,30,31,32)/t18-,20+,22+,23-/m0/s1. The van der Waals surface area contributed by atoms with Gasteiger partial charge >= 0.3 is 6.18 Å². The van der Waals surface area contributed by atoms with Crippen molar-refractivity contribution in [2.24, 2.45) is 0 Å². The van der Waals surface area contributed by atoms with Crippen LogP contribution in [0.1, 0.15) is 5.69 Å². The van der Waals surface area contributed by atoms with E-state index in [0.29, 0.717) is 6.07 Å². The molecule has 0 radical (unpaired) electrons. The van der Waals surface area contributed by atoms with Gasteiger partial charge in [-0.25, -0.2) is 9.97 Å². The minimum absolute atomic E-state index is 0.0609. The summed E-state index contributed by atoms with van der Waals surface area (Å²) in [6.45, 7) is 1.68. The van der Waals surface area contributed by atoms with Crippen molar-refractivity contribution in [3.05, 3.63) is 56.4 Å². The Labute approximate surface area is 253 Å². The SMILES string of the molecule is O=[N+]([O-])c1ccc(NCCOCCOCCOCCOC[C@H]2OC[C@H](Nc3nccc(C(F)(F)F)n3)[C@@H](O)[C@H]2O)c([N+](=O)[O-])c1. The van der Waals surface area contributed by atoms with Crippen molar-refractivity contribution in [3.8, 4) is 0 Å². The predicted molar refractivity (Wildman–Crippen MR) is 148 cm³/mol. The first-order valence-electron chi connectivity index (χ1n) is 13.6. The Morgan fingerprint density at radius 1 is 0.933 bits per heavy atom. The molecule has 0 saturated carbocycles. The fourth-order valence-corrected chi connectivity index (χ4v) is 3.96. The molecule has 3 rings (SSSR count). The second-order valence-electron chi connectivity index (χ2n) is 9.42. The maximum absolute atomic E-state index is 12.8. The van der Waals surface area contributed by atoms with Gasteiger partial charge in [0.25, 0.3) is 11.4 Å². The van der Waals surface area contributed by atoms with Gasteiger partial charge in [-0.15, -0.1) is 0 Å². The molecule has 0 amide bonds. The quantitative estimate of drug-likeness (QED) is 0.0958. The number of halogens is 3. The number of hydrogen-bond acceptors (Lipinski definition) is 15. The fourth-order valence-electron chi connectivity index (χ4n) is 3.96. The van der Waals surface area contributed by atoms with Crippen molar-refractivity contribution in [2.75, 3.05) is 76.6 Å². The molecule has 0 unspecified atom stereocenters. The first-order valence-corrected chi connectivity index (χ1v) is 13.6. The molecular formula is C25H33F3N6O11. The number of alkyl halides is 3. The lowest BCUT2D eigenvalue weighted by Gasteiger charge is -2.37. The molecule has 45 heavy (non-hydrogen) atoms. The van der Waals surface area contributed by atoms with Crippen LogP contribution in [0.2, 0.25) is 0 Å². The van der Waals surface area contributed by atoms with E-state index in [-0.39, 0.29) is 83.3 Å². The Hall–Kier alpha value is -3.79. The van der Waals surface area contributed by atoms with E-state index in [1.165, 1.54) is 12.1 Å². The lowest BCUT2D eigenvalue weighted by Crippen LogP contribution is -2.57. The number of ether oxygens (including phenoxy) is 5. The largest absolute Gasteiger partial charge is 0.433 e. The van der Waals surface area contributed by atoms with Crippen LogP contribution >= 0.6 is 0 Å². The van der Waals surface area contributed by atoms with Crippen molar-refractivity contribution in [3.63, 3.8) is 0 Å². The van der Waals surface area contributed by atoms with E-state index in [1.54, 1.807) is 0 Å². The van der Waals surface area contributed by atoms with Crippen molar-refractivity contribution in [1.29, 1.82) is 0 Å². The number of nitrogens with zero attached hydrogens (tertiary/aromatic N) is 4. The summed E-state index contributed by atoms with van der Waals surface area (Å²) in [6, 6.07) is 3.08. The first-order chi connectivity index (χ1) is 21.5. The summed E-state index contributed by atoms with van der Waals surface area (Å²) >= 11 is 0. The van der Waals surface area contributed by atoms with Crippen LogP contribution in [0.25, 0.3) is 0 Å². The van der Waals surface area contributed by atoms with Crippen LogP contribution in [0.3, 0.4) is 0 Å². The second kappa shape index (κ2) is 17.6. The van der Waals surface area contributed by atoms with E-state index in [9.17, 15) is 43.6 Å². The summed E-state index contributed by atoms with van der Waals surface area (Å²) in [7, 11) is 0. The predicted octanol–water partition coefficient (Wildman–Crippen LogP) is 1.39. The Morgan fingerprint density at radius 3 is 2.20 bits per heavy atom. The maximum Gasteiger partial charge on any atom is 0.433 e. The number of anilines is 2. The van der Waals surface area contributed by atoms with Crippen LogP contribution in [0.5, 0.6) is 0 Å². The number of nitrogens with one attached hydrogen (secondary N) is 2. The zero-order chi connectivity index (χ0) is 32.8. The van der Waals surface area contributed by atoms with Crippen LogP contribution < -0.4 is 10.6 Å². The number of hydrogen-bond donors (Lipinski definition) is 4. The third kappa shape index (κ3) is 11.6. The maximum atomic E-state index is 12.8. The highest BCUT2D eigenvalue weighted by Gasteiger charge is 2.39. The molecule has 2 heterocycles.